The molecule has 1 aliphatic rings. The van der Waals surface area contributed by atoms with Crippen LogP contribution in [0.15, 0.2) is 6.20 Å². The first-order valence-corrected chi connectivity index (χ1v) is 7.79. The van der Waals surface area contributed by atoms with E-state index in [-0.39, 0.29) is 23.6 Å². The van der Waals surface area contributed by atoms with Gasteiger partial charge >= 0.3 is 0 Å². The van der Waals surface area contributed by atoms with Crippen LogP contribution in [-0.4, -0.2) is 46.5 Å². The summed E-state index contributed by atoms with van der Waals surface area (Å²) in [7, 11) is 2.11. The molecule has 1 aromatic rings. The number of carbonyl (C=O) groups is 1. The van der Waals surface area contributed by atoms with Crippen LogP contribution < -0.4 is 5.32 Å². The minimum absolute atomic E-state index is 0.164. The van der Waals surface area contributed by atoms with E-state index in [1.165, 1.54) is 6.20 Å². The van der Waals surface area contributed by atoms with Crippen LogP contribution in [0.1, 0.15) is 55.8 Å². The van der Waals surface area contributed by atoms with Crippen molar-refractivity contribution in [1.82, 2.24) is 20.2 Å². The summed E-state index contributed by atoms with van der Waals surface area (Å²) in [5.74, 6) is 0.601. The van der Waals surface area contributed by atoms with E-state index in [2.05, 4.69) is 34.2 Å². The van der Waals surface area contributed by atoms with E-state index >= 15 is 0 Å². The fourth-order valence-electron chi connectivity index (χ4n) is 2.49. The van der Waals surface area contributed by atoms with Gasteiger partial charge in [0, 0.05) is 24.5 Å². The summed E-state index contributed by atoms with van der Waals surface area (Å²) >= 11 is 6.07. The van der Waals surface area contributed by atoms with Gasteiger partial charge in [-0.2, -0.15) is 0 Å². The third kappa shape index (κ3) is 3.92. The van der Waals surface area contributed by atoms with Gasteiger partial charge in [0.15, 0.2) is 0 Å². The third-order valence-electron chi connectivity index (χ3n) is 4.04. The number of aromatic nitrogens is 2. The predicted molar refractivity (Wildman–Crippen MR) is 83.7 cm³/mol. The second-order valence-corrected chi connectivity index (χ2v) is 6.51. The predicted octanol–water partition coefficient (Wildman–Crippen LogP) is 2.47. The Kier molecular flexibility index (Phi) is 5.17. The van der Waals surface area contributed by atoms with E-state index in [0.717, 1.165) is 19.4 Å². The minimum Gasteiger partial charge on any atom is -0.348 e. The Bertz CT molecular complexity index is 520. The lowest BCUT2D eigenvalue weighted by atomic mass is 9.99. The van der Waals surface area contributed by atoms with E-state index in [9.17, 15) is 4.79 Å². The maximum absolute atomic E-state index is 12.4. The quantitative estimate of drug-likeness (QED) is 0.932. The number of amides is 1. The Balaban J connectivity index is 2.08. The summed E-state index contributed by atoms with van der Waals surface area (Å²) in [5.41, 5.74) is 0.280. The van der Waals surface area contributed by atoms with Crippen LogP contribution in [0, 0.1) is 0 Å². The van der Waals surface area contributed by atoms with Crippen LogP contribution in [0.3, 0.4) is 0 Å². The number of likely N-dealkylation sites (tertiary alicyclic amines) is 1. The Hall–Kier alpha value is -1.20. The first-order chi connectivity index (χ1) is 9.88. The molecule has 2 rings (SSSR count). The number of hydrogen-bond donors (Lipinski definition) is 1. The number of hydrogen-bond acceptors (Lipinski definition) is 4. The molecule has 0 saturated carbocycles. The van der Waals surface area contributed by atoms with Crippen LogP contribution in [-0.2, 0) is 0 Å². The van der Waals surface area contributed by atoms with Crippen LogP contribution >= 0.6 is 11.6 Å². The average molecular weight is 311 g/mol. The van der Waals surface area contributed by atoms with Gasteiger partial charge in [0.2, 0.25) is 0 Å². The number of rotatable bonds is 3. The second kappa shape index (κ2) is 6.71. The molecule has 2 atom stereocenters. The van der Waals surface area contributed by atoms with Gasteiger partial charge in [0.25, 0.3) is 5.91 Å². The van der Waals surface area contributed by atoms with Gasteiger partial charge in [-0.25, -0.2) is 9.97 Å². The summed E-state index contributed by atoms with van der Waals surface area (Å²) in [6, 6.07) is 0.647. The van der Waals surface area contributed by atoms with Gasteiger partial charge in [-0.15, -0.1) is 0 Å². The van der Waals surface area contributed by atoms with Crippen molar-refractivity contribution in [3.63, 3.8) is 0 Å². The molecule has 1 fully saturated rings. The van der Waals surface area contributed by atoms with Gasteiger partial charge in [-0.1, -0.05) is 25.4 Å². The SMILES string of the molecule is CC(C)c1ncc(Cl)c(C(=O)NC2CCN(C)C(C)C2)n1. The molecule has 1 amide bonds. The first-order valence-electron chi connectivity index (χ1n) is 7.42. The molecule has 1 aromatic heterocycles. The molecule has 0 aliphatic carbocycles. The fourth-order valence-corrected chi connectivity index (χ4v) is 2.67. The summed E-state index contributed by atoms with van der Waals surface area (Å²) in [6.45, 7) is 7.14. The maximum atomic E-state index is 12.4. The number of nitrogens with zero attached hydrogens (tertiary/aromatic N) is 3. The van der Waals surface area contributed by atoms with Crippen LogP contribution in [0.2, 0.25) is 5.02 Å². The van der Waals surface area contributed by atoms with Crippen LogP contribution in [0.25, 0.3) is 0 Å². The standard InChI is InChI=1S/C15H23ClN4O/c1-9(2)14-17-8-12(16)13(19-14)15(21)18-11-5-6-20(4)10(3)7-11/h8-11H,5-7H2,1-4H3,(H,18,21). The lowest BCUT2D eigenvalue weighted by Gasteiger charge is -2.35. The molecular weight excluding hydrogens is 288 g/mol. The summed E-state index contributed by atoms with van der Waals surface area (Å²) in [5, 5.41) is 3.36. The molecule has 1 aliphatic heterocycles. The molecule has 2 unspecified atom stereocenters. The summed E-state index contributed by atoms with van der Waals surface area (Å²) in [6.07, 6.45) is 3.41. The Morgan fingerprint density at radius 1 is 1.52 bits per heavy atom. The lowest BCUT2D eigenvalue weighted by molar-refractivity contribution is 0.0891. The Morgan fingerprint density at radius 3 is 2.86 bits per heavy atom. The van der Waals surface area contributed by atoms with Gasteiger partial charge in [0.1, 0.15) is 11.5 Å². The smallest absolute Gasteiger partial charge is 0.271 e. The Morgan fingerprint density at radius 2 is 2.24 bits per heavy atom. The molecule has 2 heterocycles. The zero-order valence-corrected chi connectivity index (χ0v) is 13.8. The maximum Gasteiger partial charge on any atom is 0.271 e. The van der Waals surface area contributed by atoms with Crippen molar-refractivity contribution in [2.45, 2.75) is 51.6 Å². The topological polar surface area (TPSA) is 58.1 Å². The number of nitrogens with one attached hydrogen (secondary N) is 1. The molecule has 0 spiro atoms. The number of carbonyl (C=O) groups excluding carboxylic acids is 1. The van der Waals surface area contributed by atoms with Crippen molar-refractivity contribution in [3.8, 4) is 0 Å². The van der Waals surface area contributed by atoms with Crippen molar-refractivity contribution < 1.29 is 4.79 Å². The molecule has 0 radical (unpaired) electrons. The second-order valence-electron chi connectivity index (χ2n) is 6.10. The zero-order chi connectivity index (χ0) is 15.6. The average Bonchev–Trinajstić information content (AvgIpc) is 2.43. The van der Waals surface area contributed by atoms with Crippen molar-refractivity contribution in [2.75, 3.05) is 13.6 Å². The molecule has 1 N–H and O–H groups in total. The number of piperidine rings is 1. The molecular formula is C15H23ClN4O. The molecule has 21 heavy (non-hydrogen) atoms. The fraction of sp³-hybridized carbons (Fsp3) is 0.667. The van der Waals surface area contributed by atoms with E-state index in [1.807, 2.05) is 13.8 Å². The molecule has 116 valence electrons. The molecule has 1 saturated heterocycles. The highest BCUT2D eigenvalue weighted by molar-refractivity contribution is 6.33. The highest BCUT2D eigenvalue weighted by Crippen LogP contribution is 2.19. The summed E-state index contributed by atoms with van der Waals surface area (Å²) in [4.78, 5) is 23.2. The van der Waals surface area contributed by atoms with E-state index in [1.54, 1.807) is 0 Å². The van der Waals surface area contributed by atoms with Crippen LogP contribution in [0.5, 0.6) is 0 Å². The van der Waals surface area contributed by atoms with Gasteiger partial charge in [-0.3, -0.25) is 4.79 Å². The molecule has 6 heteroatoms. The van der Waals surface area contributed by atoms with E-state index < -0.39 is 0 Å². The third-order valence-corrected chi connectivity index (χ3v) is 4.31. The summed E-state index contributed by atoms with van der Waals surface area (Å²) < 4.78 is 0. The van der Waals surface area contributed by atoms with Gasteiger partial charge in [0.05, 0.1) is 11.2 Å². The van der Waals surface area contributed by atoms with E-state index in [0.29, 0.717) is 16.9 Å². The number of halogens is 1. The first kappa shape index (κ1) is 16.2. The van der Waals surface area contributed by atoms with Crippen molar-refractivity contribution >= 4 is 17.5 Å². The van der Waals surface area contributed by atoms with Gasteiger partial charge < -0.3 is 10.2 Å². The van der Waals surface area contributed by atoms with Crippen LogP contribution in [0.4, 0.5) is 0 Å². The normalized spacial score (nSPS) is 23.3. The molecule has 0 aromatic carbocycles. The van der Waals surface area contributed by atoms with E-state index in [4.69, 9.17) is 11.6 Å². The lowest BCUT2D eigenvalue weighted by Crippen LogP contribution is -2.47. The highest BCUT2D eigenvalue weighted by atomic mass is 35.5. The highest BCUT2D eigenvalue weighted by Gasteiger charge is 2.25. The monoisotopic (exact) mass is 310 g/mol. The largest absolute Gasteiger partial charge is 0.348 e. The Labute approximate surface area is 131 Å². The molecule has 5 nitrogen and oxygen atoms in total. The van der Waals surface area contributed by atoms with Crippen molar-refractivity contribution in [2.24, 2.45) is 0 Å². The minimum atomic E-state index is -0.203. The van der Waals surface area contributed by atoms with Crippen molar-refractivity contribution in [3.05, 3.63) is 22.7 Å². The van der Waals surface area contributed by atoms with Gasteiger partial charge in [-0.05, 0) is 26.8 Å². The molecule has 0 bridgehead atoms. The zero-order valence-electron chi connectivity index (χ0n) is 13.1. The van der Waals surface area contributed by atoms with Crippen molar-refractivity contribution in [1.29, 1.82) is 0 Å².